The number of fused-ring (bicyclic) bond motifs is 3. The highest BCUT2D eigenvalue weighted by atomic mass is 19.1. The van der Waals surface area contributed by atoms with E-state index in [1.807, 2.05) is 41.3 Å². The molecule has 0 aliphatic carbocycles. The molecule has 1 aromatic heterocycles. The lowest BCUT2D eigenvalue weighted by molar-refractivity contribution is 0.584. The van der Waals surface area contributed by atoms with Crippen LogP contribution in [0.5, 0.6) is 0 Å². The van der Waals surface area contributed by atoms with Crippen molar-refractivity contribution >= 4 is 49.5 Å². The average molecular weight is 567 g/mol. The number of para-hydroxylation sites is 1. The molecular weight excluding hydrogens is 539 g/mol. The van der Waals surface area contributed by atoms with E-state index in [1.165, 1.54) is 55.1 Å². The Morgan fingerprint density at radius 2 is 0.932 bits per heavy atom. The molecule has 0 unspecified atom stereocenters. The third-order valence-corrected chi connectivity index (χ3v) is 8.33. The lowest BCUT2D eigenvalue weighted by atomic mass is 9.85. The first-order chi connectivity index (χ1) is 21.7. The zero-order valence-electron chi connectivity index (χ0n) is 23.9. The Labute approximate surface area is 255 Å². The molecule has 0 atom stereocenters. The second-order valence-corrected chi connectivity index (χ2v) is 10.9. The average Bonchev–Trinajstić information content (AvgIpc) is 3.08. The summed E-state index contributed by atoms with van der Waals surface area (Å²) >= 11 is 0. The quantitative estimate of drug-likeness (QED) is 0.152. The number of hydrogen-bond donors (Lipinski definition) is 0. The van der Waals surface area contributed by atoms with Gasteiger partial charge >= 0.3 is 0 Å². The maximum atomic E-state index is 14.2. The lowest BCUT2D eigenvalue weighted by Gasteiger charge is -2.24. The minimum atomic E-state index is -0.510. The van der Waals surface area contributed by atoms with Gasteiger partial charge in [-0.25, -0.2) is 4.98 Å². The molecule has 7 aromatic carbocycles. The van der Waals surface area contributed by atoms with Crippen LogP contribution < -0.4 is 4.90 Å². The number of anilines is 3. The van der Waals surface area contributed by atoms with Crippen molar-refractivity contribution in [3.63, 3.8) is 0 Å². The highest BCUT2D eigenvalue weighted by molar-refractivity contribution is 6.21. The van der Waals surface area contributed by atoms with Crippen LogP contribution in [-0.4, -0.2) is 4.98 Å². The lowest BCUT2D eigenvalue weighted by Crippen LogP contribution is -2.11. The van der Waals surface area contributed by atoms with Crippen molar-refractivity contribution in [3.8, 4) is 22.3 Å². The van der Waals surface area contributed by atoms with Crippen molar-refractivity contribution in [1.29, 1.82) is 0 Å². The number of rotatable bonds is 5. The molecule has 1 heterocycles. The van der Waals surface area contributed by atoms with E-state index in [9.17, 15) is 4.39 Å². The molecule has 0 aliphatic heterocycles. The fourth-order valence-corrected chi connectivity index (χ4v) is 6.39. The maximum absolute atomic E-state index is 14.2. The predicted octanol–water partition coefficient (Wildman–Crippen LogP) is 11.5. The third kappa shape index (κ3) is 4.47. The third-order valence-electron chi connectivity index (χ3n) is 8.33. The van der Waals surface area contributed by atoms with Crippen molar-refractivity contribution < 1.29 is 4.39 Å². The summed E-state index contributed by atoms with van der Waals surface area (Å²) in [6.07, 6.45) is 0. The zero-order valence-corrected chi connectivity index (χ0v) is 23.9. The number of aromatic nitrogens is 1. The van der Waals surface area contributed by atoms with Gasteiger partial charge in [0.15, 0.2) is 0 Å². The fraction of sp³-hybridized carbons (Fsp3) is 0. The van der Waals surface area contributed by atoms with Crippen LogP contribution in [0.15, 0.2) is 164 Å². The van der Waals surface area contributed by atoms with E-state index >= 15 is 0 Å². The topological polar surface area (TPSA) is 16.1 Å². The van der Waals surface area contributed by atoms with Crippen molar-refractivity contribution in [2.45, 2.75) is 0 Å². The van der Waals surface area contributed by atoms with Gasteiger partial charge in [0.25, 0.3) is 0 Å². The molecule has 0 fully saturated rings. The highest BCUT2D eigenvalue weighted by Crippen LogP contribution is 2.44. The smallest absolute Gasteiger partial charge is 0.214 e. The van der Waals surface area contributed by atoms with Gasteiger partial charge < -0.3 is 0 Å². The second kappa shape index (κ2) is 10.8. The van der Waals surface area contributed by atoms with E-state index in [0.717, 1.165) is 16.9 Å². The van der Waals surface area contributed by atoms with Crippen molar-refractivity contribution in [2.24, 2.45) is 0 Å². The highest BCUT2D eigenvalue weighted by Gasteiger charge is 2.18. The Bertz CT molecular complexity index is 2240. The van der Waals surface area contributed by atoms with Crippen LogP contribution in [0, 0.1) is 5.95 Å². The maximum Gasteiger partial charge on any atom is 0.214 e. The molecule has 44 heavy (non-hydrogen) atoms. The molecule has 0 N–H and O–H groups in total. The Balaban J connectivity index is 1.32. The first-order valence-corrected chi connectivity index (χ1v) is 14.8. The molecule has 0 saturated carbocycles. The summed E-state index contributed by atoms with van der Waals surface area (Å²) in [4.78, 5) is 6.18. The first kappa shape index (κ1) is 25.9. The molecule has 208 valence electrons. The molecule has 0 amide bonds. The van der Waals surface area contributed by atoms with Crippen LogP contribution in [0.4, 0.5) is 21.6 Å². The largest absolute Gasteiger partial charge is 0.295 e. The predicted molar refractivity (Wildman–Crippen MR) is 182 cm³/mol. The van der Waals surface area contributed by atoms with Crippen molar-refractivity contribution in [2.75, 3.05) is 4.90 Å². The molecule has 0 saturated heterocycles. The van der Waals surface area contributed by atoms with Gasteiger partial charge in [-0.05, 0) is 97.0 Å². The zero-order chi connectivity index (χ0) is 29.5. The molecule has 0 aliphatic rings. The van der Waals surface area contributed by atoms with Gasteiger partial charge in [0, 0.05) is 11.4 Å². The summed E-state index contributed by atoms with van der Waals surface area (Å²) in [6, 6.07) is 56.0. The number of halogens is 1. The summed E-state index contributed by atoms with van der Waals surface area (Å²) in [5.74, 6) is 0.0177. The van der Waals surface area contributed by atoms with Crippen LogP contribution in [0.2, 0.25) is 0 Å². The van der Waals surface area contributed by atoms with Crippen molar-refractivity contribution in [1.82, 2.24) is 4.98 Å². The van der Waals surface area contributed by atoms with Crippen LogP contribution >= 0.6 is 0 Å². The van der Waals surface area contributed by atoms with Gasteiger partial charge in [0.2, 0.25) is 5.95 Å². The van der Waals surface area contributed by atoms with Gasteiger partial charge in [-0.2, -0.15) is 4.39 Å². The van der Waals surface area contributed by atoms with Gasteiger partial charge in [0.05, 0.1) is 0 Å². The Morgan fingerprint density at radius 3 is 1.57 bits per heavy atom. The molecule has 8 aromatic rings. The Morgan fingerprint density at radius 1 is 0.409 bits per heavy atom. The van der Waals surface area contributed by atoms with Gasteiger partial charge in [-0.1, -0.05) is 121 Å². The fourth-order valence-electron chi connectivity index (χ4n) is 6.39. The molecule has 3 heteroatoms. The number of benzene rings is 7. The molecule has 0 radical (unpaired) electrons. The second-order valence-electron chi connectivity index (χ2n) is 10.9. The number of hydrogen-bond acceptors (Lipinski definition) is 2. The van der Waals surface area contributed by atoms with Crippen LogP contribution in [0.3, 0.4) is 0 Å². The Kier molecular flexibility index (Phi) is 6.35. The van der Waals surface area contributed by atoms with Crippen LogP contribution in [0.1, 0.15) is 0 Å². The van der Waals surface area contributed by atoms with E-state index in [1.54, 1.807) is 6.07 Å². The summed E-state index contributed by atoms with van der Waals surface area (Å²) < 4.78 is 14.2. The van der Waals surface area contributed by atoms with Gasteiger partial charge in [-0.15, -0.1) is 0 Å². The summed E-state index contributed by atoms with van der Waals surface area (Å²) in [7, 11) is 0. The van der Waals surface area contributed by atoms with E-state index in [-0.39, 0.29) is 0 Å². The summed E-state index contributed by atoms with van der Waals surface area (Å²) in [5.41, 5.74) is 6.58. The molecular formula is C41H27FN2. The molecule has 8 rings (SSSR count). The van der Waals surface area contributed by atoms with Gasteiger partial charge in [-0.3, -0.25) is 4.90 Å². The van der Waals surface area contributed by atoms with E-state index in [0.29, 0.717) is 5.82 Å². The van der Waals surface area contributed by atoms with E-state index in [4.69, 9.17) is 0 Å². The monoisotopic (exact) mass is 566 g/mol. The number of pyridine rings is 1. The Hall–Kier alpha value is -5.80. The minimum absolute atomic E-state index is 0.510. The standard InChI is InChI=1S/C41H27FN2/c42-38-19-10-20-39(43-38)44(32-13-2-1-3-14-32)33-25-23-29(24-26-33)40-34-15-6-8-17-36(34)41(37-18-9-7-16-35(37)40)31-22-21-28-11-4-5-12-30(28)27-31/h1-27H. The SMILES string of the molecule is Fc1cccc(N(c2ccccc2)c2ccc(-c3c4ccccc4c(-c4ccc5ccccc5c4)c4ccccc34)cc2)n1. The first-order valence-electron chi connectivity index (χ1n) is 14.8. The van der Waals surface area contributed by atoms with Crippen LogP contribution in [-0.2, 0) is 0 Å². The summed E-state index contributed by atoms with van der Waals surface area (Å²) in [6.45, 7) is 0. The number of nitrogens with zero attached hydrogens (tertiary/aromatic N) is 2. The minimum Gasteiger partial charge on any atom is -0.295 e. The van der Waals surface area contributed by atoms with Gasteiger partial charge in [0.1, 0.15) is 5.82 Å². The molecule has 2 nitrogen and oxygen atoms in total. The summed E-state index contributed by atoms with van der Waals surface area (Å²) in [5, 5.41) is 7.31. The van der Waals surface area contributed by atoms with E-state index in [2.05, 4.69) is 120 Å². The molecule has 0 bridgehead atoms. The van der Waals surface area contributed by atoms with Crippen LogP contribution in [0.25, 0.3) is 54.6 Å². The normalized spacial score (nSPS) is 11.3. The van der Waals surface area contributed by atoms with Crippen molar-refractivity contribution in [3.05, 3.63) is 170 Å². The van der Waals surface area contributed by atoms with E-state index < -0.39 is 5.95 Å². The molecule has 0 spiro atoms.